The van der Waals surface area contributed by atoms with Crippen LogP contribution in [0.4, 0.5) is 0 Å². The summed E-state index contributed by atoms with van der Waals surface area (Å²) in [6.07, 6.45) is 2.33. The molecule has 8 heteroatoms. The zero-order valence-corrected chi connectivity index (χ0v) is 16.8. The van der Waals surface area contributed by atoms with Gasteiger partial charge in [-0.05, 0) is 48.4 Å². The number of benzene rings is 2. The van der Waals surface area contributed by atoms with E-state index in [1.807, 2.05) is 6.92 Å². The summed E-state index contributed by atoms with van der Waals surface area (Å²) < 4.78 is 10.5. The number of rotatable bonds is 5. The van der Waals surface area contributed by atoms with Crippen molar-refractivity contribution in [2.75, 3.05) is 0 Å². The molecule has 1 aliphatic heterocycles. The monoisotopic (exact) mass is 434 g/mol. The van der Waals surface area contributed by atoms with Gasteiger partial charge in [0.15, 0.2) is 11.5 Å². The fourth-order valence-corrected chi connectivity index (χ4v) is 3.27. The van der Waals surface area contributed by atoms with Gasteiger partial charge in [0.25, 0.3) is 0 Å². The van der Waals surface area contributed by atoms with Crippen molar-refractivity contribution in [2.24, 2.45) is 0 Å². The van der Waals surface area contributed by atoms with Crippen LogP contribution in [0, 0.1) is 0 Å². The molecule has 2 atom stereocenters. The van der Waals surface area contributed by atoms with E-state index in [2.05, 4.69) is 0 Å². The van der Waals surface area contributed by atoms with E-state index in [9.17, 15) is 29.7 Å². The van der Waals surface area contributed by atoms with Gasteiger partial charge in [0, 0.05) is 6.08 Å². The van der Waals surface area contributed by atoms with Gasteiger partial charge in [-0.1, -0.05) is 24.3 Å². The van der Waals surface area contributed by atoms with Gasteiger partial charge in [-0.15, -0.1) is 0 Å². The van der Waals surface area contributed by atoms with E-state index in [0.717, 1.165) is 6.08 Å². The van der Waals surface area contributed by atoms with Crippen molar-refractivity contribution >= 4 is 28.7 Å². The fourth-order valence-electron chi connectivity index (χ4n) is 3.27. The zero-order chi connectivity index (χ0) is 23.0. The molecular weight excluding hydrogens is 416 g/mol. The van der Waals surface area contributed by atoms with Crippen molar-refractivity contribution in [3.05, 3.63) is 83.3 Å². The molecule has 2 aromatic carbocycles. The first-order valence-corrected chi connectivity index (χ1v) is 9.67. The van der Waals surface area contributed by atoms with Gasteiger partial charge in [-0.25, -0.2) is 4.79 Å². The Morgan fingerprint density at radius 1 is 0.875 bits per heavy atom. The minimum absolute atomic E-state index is 0.0234. The third-order valence-electron chi connectivity index (χ3n) is 5.03. The molecule has 1 aliphatic carbocycles. The number of ketones is 2. The Kier molecular flexibility index (Phi) is 5.38. The number of aliphatic hydroxyl groups is 1. The molecule has 0 radical (unpaired) electrons. The van der Waals surface area contributed by atoms with Crippen LogP contribution in [0.3, 0.4) is 0 Å². The number of hydrogen-bond acceptors (Lipinski definition) is 8. The summed E-state index contributed by atoms with van der Waals surface area (Å²) in [5.41, 5.74) is -0.340. The molecule has 3 N–H and O–H groups in total. The molecule has 0 bridgehead atoms. The average Bonchev–Trinajstić information content (AvgIpc) is 3.48. The summed E-state index contributed by atoms with van der Waals surface area (Å²) in [4.78, 5) is 38.7. The van der Waals surface area contributed by atoms with Gasteiger partial charge in [0.2, 0.25) is 11.6 Å². The van der Waals surface area contributed by atoms with Crippen molar-refractivity contribution in [1.82, 2.24) is 0 Å². The Morgan fingerprint density at radius 3 is 1.88 bits per heavy atom. The number of epoxide rings is 1. The van der Waals surface area contributed by atoms with E-state index in [0.29, 0.717) is 0 Å². The highest BCUT2D eigenvalue weighted by molar-refractivity contribution is 6.47. The highest BCUT2D eigenvalue weighted by atomic mass is 16.6. The number of ether oxygens (including phenoxy) is 2. The molecule has 0 unspecified atom stereocenters. The van der Waals surface area contributed by atoms with Gasteiger partial charge < -0.3 is 24.8 Å². The van der Waals surface area contributed by atoms with Crippen LogP contribution in [-0.2, 0) is 23.9 Å². The summed E-state index contributed by atoms with van der Waals surface area (Å²) in [6, 6.07) is 10.6. The molecule has 32 heavy (non-hydrogen) atoms. The SMILES string of the molecule is C[C@@H]1O[C@H]1C=CC(=O)OC1=C(c2ccc(O)cc2)C(=O)C(O)=C(c2ccc(O)cc2)C1=O. The maximum absolute atomic E-state index is 13.3. The first-order chi connectivity index (χ1) is 15.3. The summed E-state index contributed by atoms with van der Waals surface area (Å²) in [5, 5.41) is 29.6. The van der Waals surface area contributed by atoms with Crippen LogP contribution < -0.4 is 0 Å². The molecule has 4 rings (SSSR count). The molecule has 0 spiro atoms. The third-order valence-corrected chi connectivity index (χ3v) is 5.03. The summed E-state index contributed by atoms with van der Waals surface area (Å²) in [5.74, 6) is -4.23. The minimum atomic E-state index is -0.927. The lowest BCUT2D eigenvalue weighted by atomic mass is 9.86. The van der Waals surface area contributed by atoms with Crippen LogP contribution in [0.5, 0.6) is 11.5 Å². The van der Waals surface area contributed by atoms with Crippen LogP contribution in [0.2, 0.25) is 0 Å². The number of aromatic hydroxyl groups is 2. The minimum Gasteiger partial charge on any atom is -0.508 e. The summed E-state index contributed by atoms with van der Waals surface area (Å²) in [6.45, 7) is 1.83. The number of phenolic OH excluding ortho intramolecular Hbond substituents is 2. The molecule has 162 valence electrons. The first kappa shape index (κ1) is 21.1. The smallest absolute Gasteiger partial charge is 0.336 e. The van der Waals surface area contributed by atoms with Crippen molar-refractivity contribution < 1.29 is 39.2 Å². The topological polar surface area (TPSA) is 134 Å². The number of Topliss-reactive ketones (excluding diaryl/α,β-unsaturated/α-hetero) is 2. The highest BCUT2D eigenvalue weighted by Crippen LogP contribution is 2.36. The molecule has 0 saturated carbocycles. The van der Waals surface area contributed by atoms with Gasteiger partial charge in [-0.3, -0.25) is 9.59 Å². The van der Waals surface area contributed by atoms with Gasteiger partial charge in [-0.2, -0.15) is 0 Å². The van der Waals surface area contributed by atoms with E-state index in [4.69, 9.17) is 9.47 Å². The van der Waals surface area contributed by atoms with Crippen LogP contribution >= 0.6 is 0 Å². The number of phenols is 2. The molecule has 1 saturated heterocycles. The van der Waals surface area contributed by atoms with E-state index in [1.165, 1.54) is 54.6 Å². The number of aliphatic hydroxyl groups excluding tert-OH is 1. The number of hydrogen-bond donors (Lipinski definition) is 3. The maximum atomic E-state index is 13.3. The van der Waals surface area contributed by atoms with E-state index in [1.54, 1.807) is 0 Å². The van der Waals surface area contributed by atoms with Crippen LogP contribution in [0.15, 0.2) is 72.2 Å². The average molecular weight is 434 g/mol. The Labute approximate surface area is 182 Å². The normalized spacial score (nSPS) is 20.8. The van der Waals surface area contributed by atoms with Gasteiger partial charge in [0.1, 0.15) is 17.6 Å². The van der Waals surface area contributed by atoms with Crippen LogP contribution in [0.1, 0.15) is 18.1 Å². The van der Waals surface area contributed by atoms with Gasteiger partial charge >= 0.3 is 5.97 Å². The van der Waals surface area contributed by atoms with Gasteiger partial charge in [0.05, 0.1) is 17.3 Å². The number of carbonyl (C=O) groups excluding carboxylic acids is 3. The number of esters is 1. The molecule has 1 heterocycles. The lowest BCUT2D eigenvalue weighted by Crippen LogP contribution is -2.25. The fraction of sp³-hybridized carbons (Fsp3) is 0.125. The molecule has 0 amide bonds. The van der Waals surface area contributed by atoms with E-state index >= 15 is 0 Å². The second kappa shape index (κ2) is 8.16. The maximum Gasteiger partial charge on any atom is 0.336 e. The molecule has 2 aromatic rings. The number of allylic oxidation sites excluding steroid dienone is 2. The Morgan fingerprint density at radius 2 is 1.38 bits per heavy atom. The Hall–Kier alpha value is -4.17. The Bertz CT molecular complexity index is 1200. The molecule has 8 nitrogen and oxygen atoms in total. The molecule has 0 aromatic heterocycles. The molecular formula is C24H18O8. The first-order valence-electron chi connectivity index (χ1n) is 9.67. The van der Waals surface area contributed by atoms with Crippen molar-refractivity contribution in [1.29, 1.82) is 0 Å². The largest absolute Gasteiger partial charge is 0.508 e. The van der Waals surface area contributed by atoms with Crippen molar-refractivity contribution in [3.63, 3.8) is 0 Å². The Balaban J connectivity index is 1.78. The third kappa shape index (κ3) is 4.03. The van der Waals surface area contributed by atoms with E-state index in [-0.39, 0.29) is 46.0 Å². The molecule has 1 fully saturated rings. The molecule has 2 aliphatic rings. The van der Waals surface area contributed by atoms with Crippen molar-refractivity contribution in [3.8, 4) is 11.5 Å². The summed E-state index contributed by atoms with van der Waals surface area (Å²) >= 11 is 0. The predicted molar refractivity (Wildman–Crippen MR) is 112 cm³/mol. The highest BCUT2D eigenvalue weighted by Gasteiger charge is 2.38. The second-order valence-corrected chi connectivity index (χ2v) is 7.27. The second-order valence-electron chi connectivity index (χ2n) is 7.27. The standard InChI is InChI=1S/C24H18O8/c1-12-17(31-12)10-11-18(27)32-24-20(14-4-8-16(26)9-5-14)22(29)21(28)19(23(24)30)13-2-6-15(25)7-3-13/h2-12,17,25-26,28H,1H3/t12-,17-/m0/s1. The lowest BCUT2D eigenvalue weighted by Gasteiger charge is -2.21. The predicted octanol–water partition coefficient (Wildman–Crippen LogP) is 2.82. The van der Waals surface area contributed by atoms with E-state index < -0.39 is 29.1 Å². The quantitative estimate of drug-likeness (QED) is 0.283. The van der Waals surface area contributed by atoms with Crippen molar-refractivity contribution in [2.45, 2.75) is 19.1 Å². The lowest BCUT2D eigenvalue weighted by molar-refractivity contribution is -0.136. The van der Waals surface area contributed by atoms with Crippen LogP contribution in [0.25, 0.3) is 11.1 Å². The van der Waals surface area contributed by atoms with Crippen LogP contribution in [-0.4, -0.2) is 45.1 Å². The number of carbonyl (C=O) groups is 3. The summed E-state index contributed by atoms with van der Waals surface area (Å²) in [7, 11) is 0. The zero-order valence-electron chi connectivity index (χ0n) is 16.8.